The van der Waals surface area contributed by atoms with E-state index in [4.69, 9.17) is 5.73 Å². The molecule has 0 fully saturated rings. The lowest BCUT2D eigenvalue weighted by atomic mass is 10.1. The first-order chi connectivity index (χ1) is 6.34. The van der Waals surface area contributed by atoms with Crippen molar-refractivity contribution in [3.8, 4) is 0 Å². The maximum Gasteiger partial charge on any atom is 0.407 e. The third kappa shape index (κ3) is 2.24. The number of halogens is 5. The van der Waals surface area contributed by atoms with Gasteiger partial charge < -0.3 is 5.73 Å². The molecule has 0 saturated heterocycles. The predicted octanol–water partition coefficient (Wildman–Crippen LogP) is 3.15. The van der Waals surface area contributed by atoms with Crippen molar-refractivity contribution < 1.29 is 17.6 Å². The van der Waals surface area contributed by atoms with Crippen molar-refractivity contribution in [2.75, 3.05) is 0 Å². The average molecular weight is 272 g/mol. The number of alkyl halides is 3. The van der Waals surface area contributed by atoms with Crippen molar-refractivity contribution in [1.82, 2.24) is 0 Å². The highest BCUT2D eigenvalue weighted by Crippen LogP contribution is 2.35. The fraction of sp³-hybridized carbons (Fsp3) is 0.250. The Bertz CT molecular complexity index is 337. The molecule has 6 heteroatoms. The van der Waals surface area contributed by atoms with E-state index in [-0.39, 0.29) is 10.0 Å². The van der Waals surface area contributed by atoms with Crippen molar-refractivity contribution in [2.45, 2.75) is 12.2 Å². The summed E-state index contributed by atoms with van der Waals surface area (Å²) in [5.74, 6) is -0.762. The van der Waals surface area contributed by atoms with Crippen LogP contribution in [-0.2, 0) is 0 Å². The zero-order valence-corrected chi connectivity index (χ0v) is 8.36. The normalized spacial score (nSPS) is 14.1. The Morgan fingerprint density at radius 2 is 1.86 bits per heavy atom. The molecule has 14 heavy (non-hydrogen) atoms. The Morgan fingerprint density at radius 1 is 1.29 bits per heavy atom. The van der Waals surface area contributed by atoms with Gasteiger partial charge in [-0.1, -0.05) is 12.1 Å². The van der Waals surface area contributed by atoms with Gasteiger partial charge in [-0.25, -0.2) is 4.39 Å². The minimum atomic E-state index is -4.57. The highest BCUT2D eigenvalue weighted by Gasteiger charge is 2.39. The first-order valence-electron chi connectivity index (χ1n) is 3.60. The Morgan fingerprint density at radius 3 is 2.36 bits per heavy atom. The Hall–Kier alpha value is -0.620. The lowest BCUT2D eigenvalue weighted by Crippen LogP contribution is -2.28. The molecule has 0 spiro atoms. The second-order valence-corrected chi connectivity index (χ2v) is 3.46. The van der Waals surface area contributed by atoms with Gasteiger partial charge in [0.1, 0.15) is 11.9 Å². The molecule has 0 bridgehead atoms. The molecule has 1 aromatic carbocycles. The van der Waals surface area contributed by atoms with E-state index in [1.54, 1.807) is 0 Å². The molecule has 0 aliphatic heterocycles. The summed E-state index contributed by atoms with van der Waals surface area (Å²) in [5.41, 5.74) is 4.61. The van der Waals surface area contributed by atoms with E-state index in [0.717, 1.165) is 12.1 Å². The highest BCUT2D eigenvalue weighted by atomic mass is 79.9. The van der Waals surface area contributed by atoms with Gasteiger partial charge in [0.15, 0.2) is 0 Å². The quantitative estimate of drug-likeness (QED) is 0.781. The Balaban J connectivity index is 3.14. The zero-order valence-electron chi connectivity index (χ0n) is 6.78. The van der Waals surface area contributed by atoms with E-state index in [1.807, 2.05) is 0 Å². The molecule has 78 valence electrons. The number of nitrogens with two attached hydrogens (primary N) is 1. The third-order valence-electron chi connectivity index (χ3n) is 1.67. The van der Waals surface area contributed by atoms with Crippen LogP contribution in [0.2, 0.25) is 0 Å². The van der Waals surface area contributed by atoms with Crippen LogP contribution >= 0.6 is 15.9 Å². The first kappa shape index (κ1) is 11.5. The number of rotatable bonds is 1. The van der Waals surface area contributed by atoms with Crippen LogP contribution in [0.4, 0.5) is 17.6 Å². The molecule has 1 rings (SSSR count). The van der Waals surface area contributed by atoms with Gasteiger partial charge in [0, 0.05) is 0 Å². The molecule has 0 aromatic heterocycles. The summed E-state index contributed by atoms with van der Waals surface area (Å²) < 4.78 is 49.1. The summed E-state index contributed by atoms with van der Waals surface area (Å²) in [6, 6.07) is 1.19. The zero-order chi connectivity index (χ0) is 10.9. The third-order valence-corrected chi connectivity index (χ3v) is 2.51. The molecule has 1 atom stereocenters. The van der Waals surface area contributed by atoms with E-state index < -0.39 is 18.0 Å². The van der Waals surface area contributed by atoms with Crippen molar-refractivity contribution in [3.05, 3.63) is 34.1 Å². The lowest BCUT2D eigenvalue weighted by Gasteiger charge is -2.17. The van der Waals surface area contributed by atoms with E-state index in [0.29, 0.717) is 0 Å². The van der Waals surface area contributed by atoms with Crippen LogP contribution in [0.5, 0.6) is 0 Å². The van der Waals surface area contributed by atoms with Crippen LogP contribution in [0.15, 0.2) is 22.7 Å². The number of hydrogen-bond acceptors (Lipinski definition) is 1. The summed E-state index contributed by atoms with van der Waals surface area (Å²) in [6.45, 7) is 0. The second-order valence-electron chi connectivity index (χ2n) is 2.66. The molecule has 0 aliphatic carbocycles. The first-order valence-corrected chi connectivity index (χ1v) is 4.39. The largest absolute Gasteiger partial charge is 0.407 e. The lowest BCUT2D eigenvalue weighted by molar-refractivity contribution is -0.149. The van der Waals surface area contributed by atoms with Crippen molar-refractivity contribution in [1.29, 1.82) is 0 Å². The van der Waals surface area contributed by atoms with Crippen molar-refractivity contribution >= 4 is 15.9 Å². The number of benzene rings is 1. The van der Waals surface area contributed by atoms with E-state index >= 15 is 0 Å². The van der Waals surface area contributed by atoms with Gasteiger partial charge in [-0.05, 0) is 27.6 Å². The summed E-state index contributed by atoms with van der Waals surface area (Å²) in [4.78, 5) is 0. The Labute approximate surface area is 86.0 Å². The smallest absolute Gasteiger partial charge is 0.316 e. The van der Waals surface area contributed by atoms with E-state index in [2.05, 4.69) is 15.9 Å². The van der Waals surface area contributed by atoms with Gasteiger partial charge in [-0.15, -0.1) is 0 Å². The summed E-state index contributed by atoms with van der Waals surface area (Å²) in [6.07, 6.45) is -4.57. The van der Waals surface area contributed by atoms with Crippen LogP contribution < -0.4 is 5.73 Å². The number of hydrogen-bond donors (Lipinski definition) is 1. The topological polar surface area (TPSA) is 26.0 Å². The van der Waals surface area contributed by atoms with Crippen LogP contribution in [0.3, 0.4) is 0 Å². The summed E-state index contributed by atoms with van der Waals surface area (Å²) >= 11 is 2.72. The molecule has 0 radical (unpaired) electrons. The minimum absolute atomic E-state index is 0.246. The van der Waals surface area contributed by atoms with Crippen LogP contribution in [-0.4, -0.2) is 6.18 Å². The van der Waals surface area contributed by atoms with E-state index in [1.165, 1.54) is 6.07 Å². The molecule has 1 aromatic rings. The maximum atomic E-state index is 12.9. The van der Waals surface area contributed by atoms with Crippen LogP contribution in [0.1, 0.15) is 11.6 Å². The Kier molecular flexibility index (Phi) is 3.16. The van der Waals surface area contributed by atoms with Crippen LogP contribution in [0.25, 0.3) is 0 Å². The van der Waals surface area contributed by atoms with Crippen molar-refractivity contribution in [3.63, 3.8) is 0 Å². The van der Waals surface area contributed by atoms with Crippen molar-refractivity contribution in [2.24, 2.45) is 5.73 Å². The monoisotopic (exact) mass is 271 g/mol. The molecule has 0 saturated carbocycles. The van der Waals surface area contributed by atoms with E-state index in [9.17, 15) is 17.6 Å². The van der Waals surface area contributed by atoms with Crippen LogP contribution in [0, 0.1) is 5.82 Å². The highest BCUT2D eigenvalue weighted by molar-refractivity contribution is 9.10. The van der Waals surface area contributed by atoms with Gasteiger partial charge in [-0.3, -0.25) is 0 Å². The summed E-state index contributed by atoms with van der Waals surface area (Å²) in [5, 5.41) is 0. The molecular formula is C8H6BrF4N. The molecule has 0 aliphatic rings. The SMILES string of the molecule is N[C@H](c1cccc(F)c1Br)C(F)(F)F. The fourth-order valence-electron chi connectivity index (χ4n) is 0.937. The van der Waals surface area contributed by atoms with Gasteiger partial charge in [0.2, 0.25) is 0 Å². The fourth-order valence-corrected chi connectivity index (χ4v) is 1.45. The van der Waals surface area contributed by atoms with Gasteiger partial charge in [-0.2, -0.15) is 13.2 Å². The maximum absolute atomic E-state index is 12.9. The van der Waals surface area contributed by atoms with Gasteiger partial charge >= 0.3 is 6.18 Å². The molecule has 0 unspecified atom stereocenters. The molecule has 0 amide bonds. The average Bonchev–Trinajstić information content (AvgIpc) is 2.07. The molecule has 2 N–H and O–H groups in total. The molecular weight excluding hydrogens is 266 g/mol. The minimum Gasteiger partial charge on any atom is -0.316 e. The predicted molar refractivity (Wildman–Crippen MR) is 47.1 cm³/mol. The second kappa shape index (κ2) is 3.86. The summed E-state index contributed by atoms with van der Waals surface area (Å²) in [7, 11) is 0. The van der Waals surface area contributed by atoms with Gasteiger partial charge in [0.05, 0.1) is 4.47 Å². The molecule has 1 nitrogen and oxygen atoms in total. The standard InChI is InChI=1S/C8H6BrF4N/c9-6-4(2-1-3-5(6)10)7(14)8(11,12)13/h1-3,7H,14H2/t7-/m1/s1. The van der Waals surface area contributed by atoms with Gasteiger partial charge in [0.25, 0.3) is 0 Å². The molecule has 0 heterocycles.